The molecule has 2 atom stereocenters. The molecule has 0 aromatic heterocycles. The van der Waals surface area contributed by atoms with Crippen LogP contribution in [0.2, 0.25) is 0 Å². The minimum atomic E-state index is -0.312. The predicted molar refractivity (Wildman–Crippen MR) is 81.2 cm³/mol. The average molecular weight is 290 g/mol. The van der Waals surface area contributed by atoms with E-state index in [0.29, 0.717) is 18.3 Å². The average Bonchev–Trinajstić information content (AvgIpc) is 2.50. The van der Waals surface area contributed by atoms with Gasteiger partial charge in [-0.1, -0.05) is 38.0 Å². The molecule has 1 aromatic carbocycles. The molecule has 21 heavy (non-hydrogen) atoms. The molecule has 3 heteroatoms. The SMILES string of the molecule is CCC1CCCC(OCc2cc(F)cc(C#CCO)c2)C1. The summed E-state index contributed by atoms with van der Waals surface area (Å²) in [4.78, 5) is 0. The molecule has 0 saturated heterocycles. The summed E-state index contributed by atoms with van der Waals surface area (Å²) >= 11 is 0. The summed E-state index contributed by atoms with van der Waals surface area (Å²) in [6, 6.07) is 4.69. The van der Waals surface area contributed by atoms with Gasteiger partial charge in [0.25, 0.3) is 0 Å². The summed E-state index contributed by atoms with van der Waals surface area (Å²) in [5.41, 5.74) is 1.38. The van der Waals surface area contributed by atoms with Gasteiger partial charge in [0.2, 0.25) is 0 Å². The number of hydrogen-bond acceptors (Lipinski definition) is 2. The molecule has 2 unspecified atom stereocenters. The van der Waals surface area contributed by atoms with Gasteiger partial charge in [0.05, 0.1) is 12.7 Å². The smallest absolute Gasteiger partial charge is 0.124 e. The van der Waals surface area contributed by atoms with Gasteiger partial charge in [0.15, 0.2) is 0 Å². The normalized spacial score (nSPS) is 21.7. The first-order chi connectivity index (χ1) is 10.2. The van der Waals surface area contributed by atoms with Crippen molar-refractivity contribution in [3.05, 3.63) is 35.1 Å². The first-order valence-electron chi connectivity index (χ1n) is 7.72. The first kappa shape index (κ1) is 16.0. The molecule has 1 aliphatic rings. The standard InChI is InChI=1S/C18H23FO2/c1-2-14-5-3-7-18(12-14)21-13-16-9-15(6-4-8-20)10-17(19)11-16/h9-11,14,18,20H,2-3,5,7-8,12-13H2,1H3. The fraction of sp³-hybridized carbons (Fsp3) is 0.556. The highest BCUT2D eigenvalue weighted by Gasteiger charge is 2.21. The van der Waals surface area contributed by atoms with Crippen molar-refractivity contribution >= 4 is 0 Å². The van der Waals surface area contributed by atoms with Gasteiger partial charge < -0.3 is 9.84 Å². The molecule has 1 N–H and O–H groups in total. The van der Waals surface area contributed by atoms with E-state index in [0.717, 1.165) is 24.3 Å². The molecule has 2 nitrogen and oxygen atoms in total. The quantitative estimate of drug-likeness (QED) is 0.858. The van der Waals surface area contributed by atoms with Crippen LogP contribution in [0.15, 0.2) is 18.2 Å². The Morgan fingerprint density at radius 2 is 2.19 bits per heavy atom. The molecule has 0 aliphatic heterocycles. The van der Waals surface area contributed by atoms with Crippen molar-refractivity contribution < 1.29 is 14.2 Å². The lowest BCUT2D eigenvalue weighted by atomic mass is 9.85. The Hall–Kier alpha value is -1.37. The van der Waals surface area contributed by atoms with Crippen LogP contribution in [0.25, 0.3) is 0 Å². The van der Waals surface area contributed by atoms with Crippen molar-refractivity contribution in [2.45, 2.75) is 51.7 Å². The zero-order chi connectivity index (χ0) is 15.1. The van der Waals surface area contributed by atoms with Crippen LogP contribution in [0.4, 0.5) is 4.39 Å². The molecule has 0 bridgehead atoms. The summed E-state index contributed by atoms with van der Waals surface area (Å²) in [5, 5.41) is 8.70. The van der Waals surface area contributed by atoms with E-state index in [1.807, 2.05) is 6.07 Å². The molecule has 0 heterocycles. The van der Waals surface area contributed by atoms with Gasteiger partial charge in [-0.05, 0) is 42.5 Å². The topological polar surface area (TPSA) is 29.5 Å². The van der Waals surface area contributed by atoms with Gasteiger partial charge in [-0.3, -0.25) is 0 Å². The second-order valence-corrected chi connectivity index (χ2v) is 5.68. The fourth-order valence-corrected chi connectivity index (χ4v) is 2.93. The Morgan fingerprint density at radius 1 is 1.33 bits per heavy atom. The Balaban J connectivity index is 1.94. The van der Waals surface area contributed by atoms with Crippen LogP contribution in [0.5, 0.6) is 0 Å². The number of rotatable bonds is 4. The van der Waals surface area contributed by atoms with Crippen LogP contribution < -0.4 is 0 Å². The van der Waals surface area contributed by atoms with Crippen LogP contribution in [0.1, 0.15) is 50.2 Å². The van der Waals surface area contributed by atoms with Crippen LogP contribution in [0.3, 0.4) is 0 Å². The number of hydrogen-bond donors (Lipinski definition) is 1. The molecular weight excluding hydrogens is 267 g/mol. The summed E-state index contributed by atoms with van der Waals surface area (Å²) in [6.45, 7) is 2.43. The van der Waals surface area contributed by atoms with E-state index in [1.54, 1.807) is 0 Å². The maximum absolute atomic E-state index is 13.6. The molecule has 1 aromatic rings. The first-order valence-corrected chi connectivity index (χ1v) is 7.72. The summed E-state index contributed by atoms with van der Waals surface area (Å²) in [5.74, 6) is 5.72. The van der Waals surface area contributed by atoms with Crippen LogP contribution in [-0.2, 0) is 11.3 Å². The van der Waals surface area contributed by atoms with Crippen molar-refractivity contribution in [2.24, 2.45) is 5.92 Å². The van der Waals surface area contributed by atoms with E-state index in [9.17, 15) is 4.39 Å². The van der Waals surface area contributed by atoms with E-state index in [4.69, 9.17) is 9.84 Å². The Labute approximate surface area is 126 Å². The minimum absolute atomic E-state index is 0.219. The molecule has 1 aliphatic carbocycles. The number of halogens is 1. The van der Waals surface area contributed by atoms with E-state index in [2.05, 4.69) is 18.8 Å². The molecule has 1 saturated carbocycles. The molecule has 1 fully saturated rings. The van der Waals surface area contributed by atoms with E-state index in [-0.39, 0.29) is 12.4 Å². The van der Waals surface area contributed by atoms with Gasteiger partial charge in [0, 0.05) is 5.56 Å². The molecule has 0 spiro atoms. The van der Waals surface area contributed by atoms with Gasteiger partial charge >= 0.3 is 0 Å². The summed E-state index contributed by atoms with van der Waals surface area (Å²) in [6.07, 6.45) is 6.24. The monoisotopic (exact) mass is 290 g/mol. The summed E-state index contributed by atoms with van der Waals surface area (Å²) in [7, 11) is 0. The minimum Gasteiger partial charge on any atom is -0.384 e. The lowest BCUT2D eigenvalue weighted by molar-refractivity contribution is 0.00167. The second kappa shape index (κ2) is 8.17. The highest BCUT2D eigenvalue weighted by atomic mass is 19.1. The Morgan fingerprint density at radius 3 is 2.95 bits per heavy atom. The van der Waals surface area contributed by atoms with Crippen molar-refractivity contribution in [2.75, 3.05) is 6.61 Å². The van der Waals surface area contributed by atoms with Crippen LogP contribution in [-0.4, -0.2) is 17.8 Å². The predicted octanol–water partition coefficient (Wildman–Crippen LogP) is 3.65. The molecule has 2 rings (SSSR count). The van der Waals surface area contributed by atoms with Gasteiger partial charge in [-0.2, -0.15) is 0 Å². The van der Waals surface area contributed by atoms with Crippen LogP contribution >= 0.6 is 0 Å². The third kappa shape index (κ3) is 5.15. The van der Waals surface area contributed by atoms with E-state index >= 15 is 0 Å². The Bertz CT molecular complexity index is 516. The fourth-order valence-electron chi connectivity index (χ4n) is 2.93. The van der Waals surface area contributed by atoms with Crippen molar-refractivity contribution in [3.63, 3.8) is 0 Å². The third-order valence-corrected chi connectivity index (χ3v) is 4.07. The number of aliphatic hydroxyl groups excluding tert-OH is 1. The molecule has 0 radical (unpaired) electrons. The van der Waals surface area contributed by atoms with Crippen molar-refractivity contribution in [1.29, 1.82) is 0 Å². The van der Waals surface area contributed by atoms with Crippen molar-refractivity contribution in [3.8, 4) is 11.8 Å². The Kier molecular flexibility index (Phi) is 6.22. The summed E-state index contributed by atoms with van der Waals surface area (Å²) < 4.78 is 19.5. The van der Waals surface area contributed by atoms with E-state index in [1.165, 1.54) is 31.4 Å². The van der Waals surface area contributed by atoms with Crippen molar-refractivity contribution in [1.82, 2.24) is 0 Å². The maximum Gasteiger partial charge on any atom is 0.124 e. The van der Waals surface area contributed by atoms with Gasteiger partial charge in [-0.15, -0.1) is 0 Å². The zero-order valence-electron chi connectivity index (χ0n) is 12.6. The van der Waals surface area contributed by atoms with Gasteiger partial charge in [-0.25, -0.2) is 4.39 Å². The number of ether oxygens (including phenoxy) is 1. The lowest BCUT2D eigenvalue weighted by Gasteiger charge is -2.28. The molecule has 0 amide bonds. The van der Waals surface area contributed by atoms with E-state index < -0.39 is 0 Å². The molecule has 114 valence electrons. The maximum atomic E-state index is 13.6. The van der Waals surface area contributed by atoms with Crippen LogP contribution in [0, 0.1) is 23.6 Å². The second-order valence-electron chi connectivity index (χ2n) is 5.68. The highest BCUT2D eigenvalue weighted by Crippen LogP contribution is 2.29. The highest BCUT2D eigenvalue weighted by molar-refractivity contribution is 5.37. The largest absolute Gasteiger partial charge is 0.384 e. The number of aliphatic hydroxyl groups is 1. The van der Waals surface area contributed by atoms with Gasteiger partial charge in [0.1, 0.15) is 12.4 Å². The number of benzene rings is 1. The molecular formula is C18H23FO2. The lowest BCUT2D eigenvalue weighted by Crippen LogP contribution is -2.22. The zero-order valence-corrected chi connectivity index (χ0v) is 12.6. The third-order valence-electron chi connectivity index (χ3n) is 4.07.